The number of hydrogen-bond donors (Lipinski definition) is 1. The first kappa shape index (κ1) is 12.5. The minimum absolute atomic E-state index is 0.0263. The highest BCUT2D eigenvalue weighted by atomic mass is 35.5. The molecule has 1 saturated heterocycles. The van der Waals surface area contributed by atoms with E-state index in [1.165, 1.54) is 11.3 Å². The molecule has 0 radical (unpaired) electrons. The molecule has 0 aliphatic carbocycles. The molecule has 1 aromatic rings. The van der Waals surface area contributed by atoms with Crippen molar-refractivity contribution in [2.75, 3.05) is 6.54 Å². The zero-order chi connectivity index (χ0) is 12.4. The molecular formula is C11H13ClN2O2S. The lowest BCUT2D eigenvalue weighted by Crippen LogP contribution is -2.23. The first-order valence-electron chi connectivity index (χ1n) is 5.51. The molecule has 0 saturated carbocycles. The van der Waals surface area contributed by atoms with Crippen molar-refractivity contribution in [1.82, 2.24) is 10.3 Å². The van der Waals surface area contributed by atoms with Gasteiger partial charge >= 0.3 is 0 Å². The molecule has 1 amide bonds. The average Bonchev–Trinajstić information content (AvgIpc) is 2.88. The Morgan fingerprint density at radius 3 is 3.06 bits per heavy atom. The summed E-state index contributed by atoms with van der Waals surface area (Å²) < 4.78 is 0. The number of aromatic nitrogens is 1. The van der Waals surface area contributed by atoms with E-state index in [1.54, 1.807) is 5.38 Å². The van der Waals surface area contributed by atoms with E-state index in [0.29, 0.717) is 23.1 Å². The van der Waals surface area contributed by atoms with Gasteiger partial charge in [0.1, 0.15) is 5.15 Å². The van der Waals surface area contributed by atoms with E-state index in [4.69, 9.17) is 11.6 Å². The molecule has 1 aliphatic heterocycles. The monoisotopic (exact) mass is 272 g/mol. The van der Waals surface area contributed by atoms with Gasteiger partial charge in [-0.2, -0.15) is 0 Å². The third-order valence-corrected chi connectivity index (χ3v) is 4.12. The molecule has 2 heterocycles. The van der Waals surface area contributed by atoms with Crippen LogP contribution < -0.4 is 5.32 Å². The van der Waals surface area contributed by atoms with Crippen LogP contribution in [0.25, 0.3) is 0 Å². The fraction of sp³-hybridized carbons (Fsp3) is 0.545. The molecule has 92 valence electrons. The zero-order valence-corrected chi connectivity index (χ0v) is 11.0. The summed E-state index contributed by atoms with van der Waals surface area (Å²) in [5, 5.41) is 5.20. The SMILES string of the molecule is C[C@H](C[C@@H]1CCNC1=O)C(=O)c1nc(Cl)cs1. The van der Waals surface area contributed by atoms with Gasteiger partial charge in [-0.05, 0) is 12.8 Å². The van der Waals surface area contributed by atoms with Crippen molar-refractivity contribution < 1.29 is 9.59 Å². The fourth-order valence-electron chi connectivity index (χ4n) is 1.98. The van der Waals surface area contributed by atoms with E-state index < -0.39 is 0 Å². The number of carbonyl (C=O) groups is 2. The molecule has 6 heteroatoms. The maximum absolute atomic E-state index is 12.0. The molecule has 2 atom stereocenters. The summed E-state index contributed by atoms with van der Waals surface area (Å²) in [4.78, 5) is 27.4. The Hall–Kier alpha value is -0.940. The summed E-state index contributed by atoms with van der Waals surface area (Å²) in [5.74, 6) is -0.195. The first-order chi connectivity index (χ1) is 8.08. The van der Waals surface area contributed by atoms with E-state index in [-0.39, 0.29) is 23.5 Å². The predicted molar refractivity (Wildman–Crippen MR) is 66.4 cm³/mol. The van der Waals surface area contributed by atoms with Crippen LogP contribution in [0.15, 0.2) is 5.38 Å². The zero-order valence-electron chi connectivity index (χ0n) is 9.40. The predicted octanol–water partition coefficient (Wildman–Crippen LogP) is 2.14. The number of ketones is 1. The molecule has 2 rings (SSSR count). The smallest absolute Gasteiger partial charge is 0.223 e. The standard InChI is InChI=1S/C11H13ClN2O2S/c1-6(4-7-2-3-13-10(7)16)9(15)11-14-8(12)5-17-11/h5-7H,2-4H2,1H3,(H,13,16)/t6-,7+/m1/s1. The molecule has 0 unspecified atom stereocenters. The van der Waals surface area contributed by atoms with Gasteiger partial charge in [0.15, 0.2) is 10.8 Å². The van der Waals surface area contributed by atoms with Crippen LogP contribution in [0.2, 0.25) is 5.15 Å². The topological polar surface area (TPSA) is 59.1 Å². The van der Waals surface area contributed by atoms with Crippen molar-refractivity contribution in [2.45, 2.75) is 19.8 Å². The molecule has 0 aromatic carbocycles. The number of hydrogen-bond acceptors (Lipinski definition) is 4. The molecule has 1 fully saturated rings. The maximum Gasteiger partial charge on any atom is 0.223 e. The number of nitrogens with one attached hydrogen (secondary N) is 1. The van der Waals surface area contributed by atoms with Gasteiger partial charge in [-0.15, -0.1) is 11.3 Å². The summed E-state index contributed by atoms with van der Waals surface area (Å²) in [7, 11) is 0. The van der Waals surface area contributed by atoms with E-state index in [2.05, 4.69) is 10.3 Å². The molecular weight excluding hydrogens is 260 g/mol. The van der Waals surface area contributed by atoms with Gasteiger partial charge in [-0.3, -0.25) is 9.59 Å². The Morgan fingerprint density at radius 1 is 1.76 bits per heavy atom. The summed E-state index contributed by atoms with van der Waals surface area (Å²) in [5.41, 5.74) is 0. The largest absolute Gasteiger partial charge is 0.356 e. The highest BCUT2D eigenvalue weighted by molar-refractivity contribution is 7.12. The molecule has 0 spiro atoms. The maximum atomic E-state index is 12.0. The van der Waals surface area contributed by atoms with Crippen molar-refractivity contribution >= 4 is 34.6 Å². The van der Waals surface area contributed by atoms with Crippen molar-refractivity contribution in [3.63, 3.8) is 0 Å². The molecule has 17 heavy (non-hydrogen) atoms. The van der Waals surface area contributed by atoms with Crippen LogP contribution in [0.5, 0.6) is 0 Å². The van der Waals surface area contributed by atoms with Gasteiger partial charge in [0.2, 0.25) is 5.91 Å². The lowest BCUT2D eigenvalue weighted by Gasteiger charge is -2.12. The van der Waals surface area contributed by atoms with Crippen LogP contribution in [0.3, 0.4) is 0 Å². The summed E-state index contributed by atoms with van der Waals surface area (Å²) in [6.07, 6.45) is 1.40. The van der Waals surface area contributed by atoms with Crippen LogP contribution in [0.4, 0.5) is 0 Å². The van der Waals surface area contributed by atoms with Gasteiger partial charge in [-0.1, -0.05) is 18.5 Å². The minimum atomic E-state index is -0.189. The van der Waals surface area contributed by atoms with Gasteiger partial charge in [0, 0.05) is 23.8 Å². The van der Waals surface area contributed by atoms with Crippen LogP contribution in [0, 0.1) is 11.8 Å². The van der Waals surface area contributed by atoms with Crippen molar-refractivity contribution in [3.8, 4) is 0 Å². The number of nitrogens with zero attached hydrogens (tertiary/aromatic N) is 1. The summed E-state index contributed by atoms with van der Waals surface area (Å²) in [6.45, 7) is 2.55. The van der Waals surface area contributed by atoms with Crippen LogP contribution >= 0.6 is 22.9 Å². The van der Waals surface area contributed by atoms with E-state index in [1.807, 2.05) is 6.92 Å². The Bertz CT molecular complexity index is 446. The summed E-state index contributed by atoms with van der Waals surface area (Å²) >= 11 is 6.94. The van der Waals surface area contributed by atoms with E-state index in [0.717, 1.165) is 6.42 Å². The number of amides is 1. The van der Waals surface area contributed by atoms with Crippen molar-refractivity contribution in [1.29, 1.82) is 0 Å². The van der Waals surface area contributed by atoms with Gasteiger partial charge < -0.3 is 5.32 Å². The molecule has 1 aromatic heterocycles. The third kappa shape index (κ3) is 2.84. The van der Waals surface area contributed by atoms with E-state index >= 15 is 0 Å². The highest BCUT2D eigenvalue weighted by Crippen LogP contribution is 2.24. The van der Waals surface area contributed by atoms with E-state index in [9.17, 15) is 9.59 Å². The normalized spacial score (nSPS) is 21.3. The molecule has 1 N–H and O–H groups in total. The van der Waals surface area contributed by atoms with Crippen LogP contribution in [-0.4, -0.2) is 23.2 Å². The van der Waals surface area contributed by atoms with Crippen molar-refractivity contribution in [2.24, 2.45) is 11.8 Å². The Kier molecular flexibility index (Phi) is 3.79. The average molecular weight is 273 g/mol. The molecule has 4 nitrogen and oxygen atoms in total. The number of Topliss-reactive ketones (excluding diaryl/α,β-unsaturated/α-hetero) is 1. The highest BCUT2D eigenvalue weighted by Gasteiger charge is 2.29. The second-order valence-electron chi connectivity index (χ2n) is 4.25. The number of halogens is 1. The number of thiazole rings is 1. The Balaban J connectivity index is 1.98. The fourth-order valence-corrected chi connectivity index (χ4v) is 2.98. The second kappa shape index (κ2) is 5.14. The Labute approximate surface area is 108 Å². The van der Waals surface area contributed by atoms with Crippen LogP contribution in [-0.2, 0) is 4.79 Å². The lowest BCUT2D eigenvalue weighted by atomic mass is 9.92. The Morgan fingerprint density at radius 2 is 2.53 bits per heavy atom. The first-order valence-corrected chi connectivity index (χ1v) is 6.76. The van der Waals surface area contributed by atoms with Gasteiger partial charge in [0.05, 0.1) is 0 Å². The molecule has 0 bridgehead atoms. The number of carbonyl (C=O) groups excluding carboxylic acids is 2. The minimum Gasteiger partial charge on any atom is -0.356 e. The quantitative estimate of drug-likeness (QED) is 0.855. The lowest BCUT2D eigenvalue weighted by molar-refractivity contribution is -0.122. The van der Waals surface area contributed by atoms with Gasteiger partial charge in [-0.25, -0.2) is 4.98 Å². The van der Waals surface area contributed by atoms with Crippen molar-refractivity contribution in [3.05, 3.63) is 15.5 Å². The van der Waals surface area contributed by atoms with Crippen LogP contribution in [0.1, 0.15) is 29.6 Å². The molecule has 1 aliphatic rings. The van der Waals surface area contributed by atoms with Gasteiger partial charge in [0.25, 0.3) is 0 Å². The third-order valence-electron chi connectivity index (χ3n) is 2.94. The number of rotatable bonds is 4. The summed E-state index contributed by atoms with van der Waals surface area (Å²) in [6, 6.07) is 0. The second-order valence-corrected chi connectivity index (χ2v) is 5.50.